The van der Waals surface area contributed by atoms with Gasteiger partial charge in [-0.05, 0) is 44.3 Å². The third-order valence-corrected chi connectivity index (χ3v) is 6.20. The number of hydrogen-bond acceptors (Lipinski definition) is 6. The Hall–Kier alpha value is -2.29. The van der Waals surface area contributed by atoms with E-state index in [1.165, 1.54) is 42.6 Å². The van der Waals surface area contributed by atoms with Crippen molar-refractivity contribution in [3.63, 3.8) is 0 Å². The quantitative estimate of drug-likeness (QED) is 0.692. The Labute approximate surface area is 149 Å². The van der Waals surface area contributed by atoms with Crippen molar-refractivity contribution < 1.29 is 17.9 Å². The molecule has 2 aromatic carbocycles. The number of esters is 1. The summed E-state index contributed by atoms with van der Waals surface area (Å²) in [6.07, 6.45) is -0.533. The molecule has 1 N–H and O–H groups in total. The van der Waals surface area contributed by atoms with Crippen LogP contribution < -0.4 is 4.72 Å². The van der Waals surface area contributed by atoms with Crippen LogP contribution in [-0.4, -0.2) is 26.4 Å². The number of carbonyl (C=O) groups excluding carboxylic acids is 1. The van der Waals surface area contributed by atoms with Gasteiger partial charge < -0.3 is 4.74 Å². The Kier molecular flexibility index (Phi) is 4.85. The van der Waals surface area contributed by atoms with Crippen LogP contribution in [0.2, 0.25) is 0 Å². The minimum Gasteiger partial charge on any atom is -0.452 e. The van der Waals surface area contributed by atoms with Gasteiger partial charge in [-0.15, -0.1) is 11.3 Å². The second-order valence-electron chi connectivity index (χ2n) is 5.30. The number of fused-ring (bicyclic) bond motifs is 1. The molecule has 130 valence electrons. The number of benzene rings is 2. The van der Waals surface area contributed by atoms with Gasteiger partial charge in [-0.3, -0.25) is 0 Å². The molecule has 0 fully saturated rings. The van der Waals surface area contributed by atoms with Crippen LogP contribution in [-0.2, 0) is 14.8 Å². The highest BCUT2D eigenvalue weighted by molar-refractivity contribution is 7.89. The van der Waals surface area contributed by atoms with Crippen LogP contribution in [0.1, 0.15) is 28.4 Å². The molecular weight excluding hydrogens is 360 g/mol. The molecule has 0 radical (unpaired) electrons. The number of nitrogens with one attached hydrogen (secondary N) is 1. The molecule has 0 bridgehead atoms. The summed E-state index contributed by atoms with van der Waals surface area (Å²) in [6, 6.07) is 13.4. The van der Waals surface area contributed by atoms with E-state index in [2.05, 4.69) is 9.71 Å². The van der Waals surface area contributed by atoms with E-state index in [0.29, 0.717) is 5.01 Å². The lowest BCUT2D eigenvalue weighted by Crippen LogP contribution is -2.19. The van der Waals surface area contributed by atoms with Crippen LogP contribution in [0.3, 0.4) is 0 Å². The van der Waals surface area contributed by atoms with E-state index in [1.54, 1.807) is 6.92 Å². The normalized spacial score (nSPS) is 12.9. The largest absolute Gasteiger partial charge is 0.452 e. The van der Waals surface area contributed by atoms with Gasteiger partial charge in [0.2, 0.25) is 10.0 Å². The predicted octanol–water partition coefficient (Wildman–Crippen LogP) is 3.12. The number of aromatic nitrogens is 1. The van der Waals surface area contributed by atoms with E-state index in [4.69, 9.17) is 4.74 Å². The molecule has 1 heterocycles. The highest BCUT2D eigenvalue weighted by Crippen LogP contribution is 2.28. The highest BCUT2D eigenvalue weighted by atomic mass is 32.2. The maximum Gasteiger partial charge on any atom is 0.338 e. The van der Waals surface area contributed by atoms with Crippen molar-refractivity contribution in [3.05, 3.63) is 59.1 Å². The van der Waals surface area contributed by atoms with Crippen molar-refractivity contribution in [2.24, 2.45) is 0 Å². The zero-order valence-electron chi connectivity index (χ0n) is 13.6. The van der Waals surface area contributed by atoms with Gasteiger partial charge in [0.25, 0.3) is 0 Å². The van der Waals surface area contributed by atoms with Crippen molar-refractivity contribution in [1.82, 2.24) is 9.71 Å². The molecule has 0 amide bonds. The molecule has 25 heavy (non-hydrogen) atoms. The fourth-order valence-corrected chi connectivity index (χ4v) is 3.97. The number of thiazole rings is 1. The maximum atomic E-state index is 12.4. The summed E-state index contributed by atoms with van der Waals surface area (Å²) in [5, 5.41) is 0.688. The molecule has 1 unspecified atom stereocenters. The summed E-state index contributed by atoms with van der Waals surface area (Å²) in [5.41, 5.74) is 1.02. The van der Waals surface area contributed by atoms with Crippen molar-refractivity contribution in [2.75, 3.05) is 7.05 Å². The molecule has 0 saturated heterocycles. The number of sulfonamides is 1. The smallest absolute Gasteiger partial charge is 0.338 e. The van der Waals surface area contributed by atoms with E-state index < -0.39 is 22.1 Å². The molecule has 0 aliphatic carbocycles. The fraction of sp³-hybridized carbons (Fsp3) is 0.176. The average Bonchev–Trinajstić information content (AvgIpc) is 3.06. The molecular formula is C17H16N2O4S2. The van der Waals surface area contributed by atoms with E-state index in [-0.39, 0.29) is 10.5 Å². The number of carbonyl (C=O) groups is 1. The third-order valence-electron chi connectivity index (χ3n) is 3.59. The minimum atomic E-state index is -3.62. The second kappa shape index (κ2) is 6.91. The lowest BCUT2D eigenvalue weighted by atomic mass is 10.2. The Morgan fingerprint density at radius 3 is 2.68 bits per heavy atom. The molecule has 1 aromatic heterocycles. The van der Waals surface area contributed by atoms with Gasteiger partial charge in [0.15, 0.2) is 6.10 Å². The summed E-state index contributed by atoms with van der Waals surface area (Å²) in [4.78, 5) is 16.8. The molecule has 0 saturated carbocycles. The van der Waals surface area contributed by atoms with Crippen molar-refractivity contribution in [3.8, 4) is 0 Å². The summed E-state index contributed by atoms with van der Waals surface area (Å²) in [6.45, 7) is 1.74. The number of nitrogens with zero attached hydrogens (tertiary/aromatic N) is 1. The zero-order chi connectivity index (χ0) is 18.0. The van der Waals surface area contributed by atoms with Crippen LogP contribution in [0.5, 0.6) is 0 Å². The summed E-state index contributed by atoms with van der Waals surface area (Å²) in [7, 11) is -2.31. The first-order valence-electron chi connectivity index (χ1n) is 7.51. The SMILES string of the molecule is CNS(=O)(=O)c1cccc(C(=O)OC(C)c2nc3ccccc3s2)c1. The molecule has 0 spiro atoms. The Morgan fingerprint density at radius 1 is 1.20 bits per heavy atom. The zero-order valence-corrected chi connectivity index (χ0v) is 15.2. The Morgan fingerprint density at radius 2 is 1.96 bits per heavy atom. The van der Waals surface area contributed by atoms with Gasteiger partial charge in [-0.25, -0.2) is 22.9 Å². The second-order valence-corrected chi connectivity index (χ2v) is 8.25. The molecule has 1 atom stereocenters. The third kappa shape index (κ3) is 3.71. The van der Waals surface area contributed by atoms with E-state index >= 15 is 0 Å². The van der Waals surface area contributed by atoms with Crippen molar-refractivity contribution in [2.45, 2.75) is 17.9 Å². The number of hydrogen-bond donors (Lipinski definition) is 1. The van der Waals surface area contributed by atoms with Gasteiger partial charge in [0.1, 0.15) is 5.01 Å². The van der Waals surface area contributed by atoms with Crippen LogP contribution >= 0.6 is 11.3 Å². The van der Waals surface area contributed by atoms with Crippen LogP contribution in [0.15, 0.2) is 53.4 Å². The first-order chi connectivity index (χ1) is 11.9. The Bertz CT molecular complexity index is 995. The lowest BCUT2D eigenvalue weighted by molar-refractivity contribution is 0.0337. The van der Waals surface area contributed by atoms with Crippen LogP contribution in [0, 0.1) is 0 Å². The number of ether oxygens (including phenoxy) is 1. The topological polar surface area (TPSA) is 85.4 Å². The van der Waals surface area contributed by atoms with Gasteiger partial charge in [-0.1, -0.05) is 18.2 Å². The maximum absolute atomic E-state index is 12.4. The van der Waals surface area contributed by atoms with Crippen molar-refractivity contribution in [1.29, 1.82) is 0 Å². The van der Waals surface area contributed by atoms with Gasteiger partial charge >= 0.3 is 5.97 Å². The first kappa shape index (κ1) is 17.5. The monoisotopic (exact) mass is 376 g/mol. The molecule has 3 aromatic rings. The van der Waals surface area contributed by atoms with Gasteiger partial charge in [0, 0.05) is 0 Å². The fourth-order valence-electron chi connectivity index (χ4n) is 2.25. The number of rotatable bonds is 5. The molecule has 6 nitrogen and oxygen atoms in total. The Balaban J connectivity index is 1.81. The van der Waals surface area contributed by atoms with Crippen molar-refractivity contribution >= 4 is 37.5 Å². The molecule has 0 aliphatic rings. The molecule has 8 heteroatoms. The van der Waals surface area contributed by atoms with E-state index in [0.717, 1.165) is 10.2 Å². The first-order valence-corrected chi connectivity index (χ1v) is 9.81. The summed E-state index contributed by atoms with van der Waals surface area (Å²) < 4.78 is 32.4. The number of para-hydroxylation sites is 1. The van der Waals surface area contributed by atoms with Crippen LogP contribution in [0.4, 0.5) is 0 Å². The van der Waals surface area contributed by atoms with Crippen LogP contribution in [0.25, 0.3) is 10.2 Å². The van der Waals surface area contributed by atoms with Gasteiger partial charge in [0.05, 0.1) is 20.7 Å². The summed E-state index contributed by atoms with van der Waals surface area (Å²) in [5.74, 6) is -0.597. The standard InChI is InChI=1S/C17H16N2O4S2/c1-11(16-19-14-8-3-4-9-15(14)24-16)23-17(20)12-6-5-7-13(10-12)25(21,22)18-2/h3-11,18H,1-2H3. The predicted molar refractivity (Wildman–Crippen MR) is 96.1 cm³/mol. The average molecular weight is 376 g/mol. The van der Waals surface area contributed by atoms with Gasteiger partial charge in [-0.2, -0.15) is 0 Å². The molecule has 3 rings (SSSR count). The van der Waals surface area contributed by atoms with E-state index in [9.17, 15) is 13.2 Å². The lowest BCUT2D eigenvalue weighted by Gasteiger charge is -2.11. The molecule has 0 aliphatic heterocycles. The van der Waals surface area contributed by atoms with E-state index in [1.807, 2.05) is 24.3 Å². The summed E-state index contributed by atoms with van der Waals surface area (Å²) >= 11 is 1.46. The highest BCUT2D eigenvalue weighted by Gasteiger charge is 2.19. The minimum absolute atomic E-state index is 0.0112.